The highest BCUT2D eigenvalue weighted by Crippen LogP contribution is 2.35. The monoisotopic (exact) mass is 592 g/mol. The summed E-state index contributed by atoms with van der Waals surface area (Å²) < 4.78 is 44.6. The third-order valence-electron chi connectivity index (χ3n) is 7.35. The fourth-order valence-corrected chi connectivity index (χ4v) is 4.62. The quantitative estimate of drug-likeness (QED) is 0.231. The van der Waals surface area contributed by atoms with Gasteiger partial charge < -0.3 is 15.2 Å². The number of nitrogens with zero attached hydrogens (tertiary/aromatic N) is 6. The normalized spacial score (nSPS) is 12.7. The minimum absolute atomic E-state index is 0.169. The maximum absolute atomic E-state index is 13.8. The number of nitrogens with one attached hydrogen (secondary N) is 2. The van der Waals surface area contributed by atoms with Gasteiger partial charge >= 0.3 is 6.18 Å². The molecule has 0 spiro atoms. The molecule has 4 heterocycles. The van der Waals surface area contributed by atoms with Crippen molar-refractivity contribution in [3.05, 3.63) is 87.6 Å². The van der Waals surface area contributed by atoms with Gasteiger partial charge in [0.25, 0.3) is 5.56 Å². The number of anilines is 2. The maximum Gasteiger partial charge on any atom is 0.435 e. The van der Waals surface area contributed by atoms with Gasteiger partial charge in [-0.05, 0) is 69.5 Å². The Hall–Kier alpha value is -4.74. The van der Waals surface area contributed by atoms with Crippen LogP contribution in [0.15, 0.2) is 53.9 Å². The van der Waals surface area contributed by atoms with E-state index in [2.05, 4.69) is 37.1 Å². The summed E-state index contributed by atoms with van der Waals surface area (Å²) in [5.41, 5.74) is 3.04. The summed E-state index contributed by atoms with van der Waals surface area (Å²) in [7, 11) is 3.44. The van der Waals surface area contributed by atoms with Crippen molar-refractivity contribution >= 4 is 23.2 Å². The second kappa shape index (κ2) is 12.2. The Bertz CT molecular complexity index is 1750. The zero-order valence-corrected chi connectivity index (χ0v) is 25.3. The lowest BCUT2D eigenvalue weighted by Crippen LogP contribution is -2.26. The minimum Gasteiger partial charge on any atom is -0.377 e. The van der Waals surface area contributed by atoms with Gasteiger partial charge in [-0.3, -0.25) is 9.36 Å². The number of pyridine rings is 2. The number of halogens is 3. The van der Waals surface area contributed by atoms with Crippen molar-refractivity contribution < 1.29 is 13.2 Å². The van der Waals surface area contributed by atoms with Gasteiger partial charge in [0.2, 0.25) is 5.95 Å². The van der Waals surface area contributed by atoms with Crippen molar-refractivity contribution in [1.29, 1.82) is 0 Å². The van der Waals surface area contributed by atoms with Crippen LogP contribution in [0.2, 0.25) is 0 Å². The summed E-state index contributed by atoms with van der Waals surface area (Å²) in [5.74, 6) is 1.11. The SMILES string of the molecule is C=C(c1cc(-c2cnc(-n3cnc(NC)c3C)nc2)n(C)c(=O)c1/C=C(/C)CC)[C@@H](C)Nc1ccc(C)nc1C(F)(F)F. The Morgan fingerprint density at radius 1 is 1.16 bits per heavy atom. The number of alkyl halides is 3. The Kier molecular flexibility index (Phi) is 8.88. The summed E-state index contributed by atoms with van der Waals surface area (Å²) in [4.78, 5) is 30.8. The Labute approximate surface area is 248 Å². The fourth-order valence-electron chi connectivity index (χ4n) is 4.62. The lowest BCUT2D eigenvalue weighted by atomic mass is 9.94. The molecule has 9 nitrogen and oxygen atoms in total. The molecule has 1 atom stereocenters. The molecule has 0 saturated heterocycles. The number of hydrogen-bond acceptors (Lipinski definition) is 7. The van der Waals surface area contributed by atoms with Crippen LogP contribution in [0.25, 0.3) is 28.9 Å². The van der Waals surface area contributed by atoms with Crippen molar-refractivity contribution in [2.75, 3.05) is 17.7 Å². The molecule has 0 unspecified atom stereocenters. The average Bonchev–Trinajstić information content (AvgIpc) is 3.35. The van der Waals surface area contributed by atoms with Gasteiger partial charge in [-0.1, -0.05) is 19.1 Å². The van der Waals surface area contributed by atoms with E-state index >= 15 is 0 Å². The summed E-state index contributed by atoms with van der Waals surface area (Å²) in [6, 6.07) is 3.99. The van der Waals surface area contributed by atoms with E-state index in [-0.39, 0.29) is 16.9 Å². The zero-order chi connectivity index (χ0) is 31.6. The second-order valence-electron chi connectivity index (χ2n) is 10.4. The van der Waals surface area contributed by atoms with E-state index in [4.69, 9.17) is 0 Å². The molecular formula is C31H35F3N8O. The molecule has 0 bridgehead atoms. The number of allylic oxidation sites excluding steroid dienone is 1. The predicted octanol–water partition coefficient (Wildman–Crippen LogP) is 6.43. The topological polar surface area (TPSA) is 103 Å². The van der Waals surface area contributed by atoms with Crippen molar-refractivity contribution in [3.8, 4) is 17.2 Å². The van der Waals surface area contributed by atoms with Crippen LogP contribution < -0.4 is 16.2 Å². The molecule has 0 radical (unpaired) electrons. The van der Waals surface area contributed by atoms with Crippen LogP contribution in [0, 0.1) is 13.8 Å². The third-order valence-corrected chi connectivity index (χ3v) is 7.35. The van der Waals surface area contributed by atoms with Crippen molar-refractivity contribution in [3.63, 3.8) is 0 Å². The maximum atomic E-state index is 13.8. The molecule has 0 amide bonds. The highest BCUT2D eigenvalue weighted by Gasteiger charge is 2.36. The summed E-state index contributed by atoms with van der Waals surface area (Å²) in [5, 5.41) is 5.93. The van der Waals surface area contributed by atoms with E-state index in [0.717, 1.165) is 11.3 Å². The van der Waals surface area contributed by atoms with Crippen LogP contribution in [-0.4, -0.2) is 42.2 Å². The Morgan fingerprint density at radius 2 is 1.84 bits per heavy atom. The number of imidazole rings is 1. The second-order valence-corrected chi connectivity index (χ2v) is 10.4. The standard InChI is InChI=1S/C31H35F3N8O/c1-9-17(2)12-24-23(19(4)20(5)40-25-11-10-18(3)39-27(25)31(32,33)34)13-26(41(8)29(24)43)22-14-36-30(37-15-22)42-16-38-28(35-7)21(42)6/h10-16,20,35,40H,4,9H2,1-3,5-8H3/b17-12-/t20-/m1/s1. The van der Waals surface area contributed by atoms with Gasteiger partial charge in [0.15, 0.2) is 5.69 Å². The molecule has 4 aromatic heterocycles. The van der Waals surface area contributed by atoms with Crippen molar-refractivity contribution in [2.24, 2.45) is 7.05 Å². The largest absolute Gasteiger partial charge is 0.435 e. The van der Waals surface area contributed by atoms with Crippen LogP contribution in [0.5, 0.6) is 0 Å². The number of hydrogen-bond donors (Lipinski definition) is 2. The van der Waals surface area contributed by atoms with Crippen molar-refractivity contribution in [2.45, 2.75) is 53.3 Å². The molecule has 43 heavy (non-hydrogen) atoms. The molecule has 0 fully saturated rings. The van der Waals surface area contributed by atoms with E-state index in [1.165, 1.54) is 23.6 Å². The Morgan fingerprint density at radius 3 is 2.42 bits per heavy atom. The van der Waals surface area contributed by atoms with Crippen LogP contribution >= 0.6 is 0 Å². The van der Waals surface area contributed by atoms with Gasteiger partial charge in [-0.15, -0.1) is 0 Å². The first-order valence-corrected chi connectivity index (χ1v) is 13.7. The van der Waals surface area contributed by atoms with Crippen molar-refractivity contribution in [1.82, 2.24) is 29.1 Å². The first-order chi connectivity index (χ1) is 20.3. The van der Waals surface area contributed by atoms with Crippen LogP contribution in [-0.2, 0) is 13.2 Å². The molecule has 0 aliphatic rings. The number of aromatic nitrogens is 6. The lowest BCUT2D eigenvalue weighted by molar-refractivity contribution is -0.140. The molecule has 226 valence electrons. The summed E-state index contributed by atoms with van der Waals surface area (Å²) in [6.07, 6.45) is 2.72. The molecule has 0 aromatic carbocycles. The van der Waals surface area contributed by atoms with Crippen LogP contribution in [0.3, 0.4) is 0 Å². The smallest absolute Gasteiger partial charge is 0.377 e. The van der Waals surface area contributed by atoms with Crippen LogP contribution in [0.1, 0.15) is 55.4 Å². The molecule has 2 N–H and O–H groups in total. The zero-order valence-electron chi connectivity index (χ0n) is 25.3. The highest BCUT2D eigenvalue weighted by molar-refractivity contribution is 5.80. The highest BCUT2D eigenvalue weighted by atomic mass is 19.4. The number of rotatable bonds is 9. The molecule has 0 saturated carbocycles. The van der Waals surface area contributed by atoms with E-state index in [1.54, 1.807) is 56.4 Å². The minimum atomic E-state index is -4.65. The fraction of sp³-hybridized carbons (Fsp3) is 0.323. The lowest BCUT2D eigenvalue weighted by Gasteiger charge is -2.23. The van der Waals surface area contributed by atoms with Gasteiger partial charge in [0, 0.05) is 49.4 Å². The van der Waals surface area contributed by atoms with Crippen LogP contribution in [0.4, 0.5) is 24.7 Å². The van der Waals surface area contributed by atoms with Gasteiger partial charge in [-0.25, -0.2) is 19.9 Å². The first kappa shape index (κ1) is 31.2. The van der Waals surface area contributed by atoms with Gasteiger partial charge in [0.05, 0.1) is 17.1 Å². The average molecular weight is 593 g/mol. The number of aryl methyl sites for hydroxylation is 1. The summed E-state index contributed by atoms with van der Waals surface area (Å²) >= 11 is 0. The van der Waals surface area contributed by atoms with E-state index in [0.29, 0.717) is 46.1 Å². The van der Waals surface area contributed by atoms with Gasteiger partial charge in [0.1, 0.15) is 12.1 Å². The predicted molar refractivity (Wildman–Crippen MR) is 164 cm³/mol. The first-order valence-electron chi connectivity index (χ1n) is 13.7. The van der Waals surface area contributed by atoms with Gasteiger partial charge in [-0.2, -0.15) is 13.2 Å². The molecule has 12 heteroatoms. The molecule has 0 aliphatic heterocycles. The third kappa shape index (κ3) is 6.37. The summed E-state index contributed by atoms with van der Waals surface area (Å²) in [6.45, 7) is 13.2. The molecule has 4 aromatic rings. The van der Waals surface area contributed by atoms with E-state index < -0.39 is 17.9 Å². The van der Waals surface area contributed by atoms with E-state index in [1.807, 2.05) is 20.8 Å². The molecule has 4 rings (SSSR count). The molecule has 0 aliphatic carbocycles. The Balaban J connectivity index is 1.79. The molecular weight excluding hydrogens is 557 g/mol. The van der Waals surface area contributed by atoms with E-state index in [9.17, 15) is 18.0 Å².